The van der Waals surface area contributed by atoms with Crippen molar-refractivity contribution in [1.82, 2.24) is 9.21 Å². The summed E-state index contributed by atoms with van der Waals surface area (Å²) >= 11 is 0. The lowest BCUT2D eigenvalue weighted by Gasteiger charge is -2.33. The first-order valence-corrected chi connectivity index (χ1v) is 11.8. The molecule has 0 fully saturated rings. The van der Waals surface area contributed by atoms with Gasteiger partial charge in [0.1, 0.15) is 5.82 Å². The van der Waals surface area contributed by atoms with Crippen LogP contribution in [0, 0.1) is 11.7 Å². The monoisotopic (exact) mass is 466 g/mol. The first kappa shape index (κ1) is 25.9. The third-order valence-electron chi connectivity index (χ3n) is 5.42. The predicted octanol–water partition coefficient (Wildman–Crippen LogP) is 2.62. The summed E-state index contributed by atoms with van der Waals surface area (Å²) < 4.78 is 47.2. The maximum absolute atomic E-state index is 14.0. The highest BCUT2D eigenvalue weighted by atomic mass is 32.2. The number of likely N-dealkylation sites (N-methyl/N-ethyl adjacent to an activating group) is 1. The molecule has 32 heavy (non-hydrogen) atoms. The molecule has 0 aliphatic rings. The van der Waals surface area contributed by atoms with Crippen molar-refractivity contribution in [3.05, 3.63) is 66.0 Å². The van der Waals surface area contributed by atoms with Gasteiger partial charge in [-0.2, -0.15) is 4.31 Å². The van der Waals surface area contributed by atoms with E-state index in [9.17, 15) is 22.7 Å². The van der Waals surface area contributed by atoms with Gasteiger partial charge < -0.3 is 14.7 Å². The van der Waals surface area contributed by atoms with E-state index in [0.29, 0.717) is 0 Å². The molecule has 7 nitrogen and oxygen atoms in total. The first-order valence-electron chi connectivity index (χ1n) is 10.3. The Morgan fingerprint density at radius 1 is 1.06 bits per heavy atom. The van der Waals surface area contributed by atoms with E-state index in [1.54, 1.807) is 38.2 Å². The number of methoxy groups -OCH3 is 1. The molecule has 2 aromatic carbocycles. The van der Waals surface area contributed by atoms with Gasteiger partial charge in [0.25, 0.3) is 5.91 Å². The second-order valence-electron chi connectivity index (χ2n) is 7.84. The fourth-order valence-electron chi connectivity index (χ4n) is 3.42. The molecule has 0 heterocycles. The van der Waals surface area contributed by atoms with E-state index in [1.165, 1.54) is 46.6 Å². The Bertz CT molecular complexity index is 987. The number of rotatable bonds is 11. The minimum Gasteiger partial charge on any atom is -0.395 e. The maximum Gasteiger partial charge on any atom is 0.256 e. The van der Waals surface area contributed by atoms with Gasteiger partial charge in [-0.1, -0.05) is 37.3 Å². The molecule has 0 radical (unpaired) electrons. The molecule has 2 aromatic rings. The van der Waals surface area contributed by atoms with E-state index in [0.717, 1.165) is 0 Å². The summed E-state index contributed by atoms with van der Waals surface area (Å²) in [6.45, 7) is 3.30. The fourth-order valence-corrected chi connectivity index (χ4v) is 5.16. The average molecular weight is 467 g/mol. The highest BCUT2D eigenvalue weighted by Crippen LogP contribution is 2.22. The van der Waals surface area contributed by atoms with Crippen molar-refractivity contribution in [2.45, 2.75) is 30.9 Å². The van der Waals surface area contributed by atoms with Gasteiger partial charge in [0, 0.05) is 33.3 Å². The molecule has 0 spiro atoms. The number of nitrogens with zero attached hydrogens (tertiary/aromatic N) is 2. The van der Waals surface area contributed by atoms with Crippen LogP contribution in [0.5, 0.6) is 0 Å². The van der Waals surface area contributed by atoms with E-state index >= 15 is 0 Å². The van der Waals surface area contributed by atoms with Gasteiger partial charge in [0.05, 0.1) is 23.2 Å². The van der Waals surface area contributed by atoms with Crippen LogP contribution in [-0.2, 0) is 14.8 Å². The van der Waals surface area contributed by atoms with Gasteiger partial charge in [-0.15, -0.1) is 0 Å². The fraction of sp³-hybridized carbons (Fsp3) is 0.435. The molecule has 0 unspecified atom stereocenters. The van der Waals surface area contributed by atoms with Crippen LogP contribution in [0.15, 0.2) is 59.5 Å². The quantitative estimate of drug-likeness (QED) is 0.550. The molecule has 0 saturated heterocycles. The molecular formula is C23H31FN2O5S. The number of amides is 1. The summed E-state index contributed by atoms with van der Waals surface area (Å²) in [7, 11) is -0.831. The highest BCUT2D eigenvalue weighted by Gasteiger charge is 2.33. The smallest absolute Gasteiger partial charge is 0.256 e. The van der Waals surface area contributed by atoms with Gasteiger partial charge in [-0.05, 0) is 37.1 Å². The molecule has 0 bridgehead atoms. The third-order valence-corrected chi connectivity index (χ3v) is 7.41. The minimum atomic E-state index is -3.85. The number of hydrogen-bond acceptors (Lipinski definition) is 5. The zero-order valence-corrected chi connectivity index (χ0v) is 19.6. The van der Waals surface area contributed by atoms with Gasteiger partial charge >= 0.3 is 0 Å². The zero-order chi connectivity index (χ0) is 23.9. The van der Waals surface area contributed by atoms with Crippen LogP contribution in [0.2, 0.25) is 0 Å². The van der Waals surface area contributed by atoms with E-state index in [2.05, 4.69) is 0 Å². The Labute approximate surface area is 189 Å². The second kappa shape index (κ2) is 11.5. The van der Waals surface area contributed by atoms with Crippen molar-refractivity contribution >= 4 is 15.9 Å². The maximum atomic E-state index is 14.0. The standard InChI is InChI=1S/C23H31FN2O5S/c1-17(14-26(18(2)16-27)32(29,30)19-10-6-5-7-11-19)22(31-4)15-25(3)23(28)20-12-8-9-13-21(20)24/h5-13,17-18,22,27H,14-16H2,1-4H3/t17-,18+,22+/m1/s1. The molecule has 1 N–H and O–H groups in total. The molecule has 176 valence electrons. The molecule has 2 rings (SSSR count). The van der Waals surface area contributed by atoms with E-state index in [4.69, 9.17) is 4.74 Å². The lowest BCUT2D eigenvalue weighted by molar-refractivity contribution is 0.0220. The SMILES string of the molecule is CO[C@@H](CN(C)C(=O)c1ccccc1F)[C@H](C)CN([C@@H](C)CO)S(=O)(=O)c1ccccc1. The lowest BCUT2D eigenvalue weighted by Crippen LogP contribution is -2.47. The molecule has 9 heteroatoms. The summed E-state index contributed by atoms with van der Waals surface area (Å²) in [5, 5.41) is 9.67. The van der Waals surface area contributed by atoms with Crippen LogP contribution in [0.1, 0.15) is 24.2 Å². The second-order valence-corrected chi connectivity index (χ2v) is 9.73. The number of hydrogen-bond donors (Lipinski definition) is 1. The summed E-state index contributed by atoms with van der Waals surface area (Å²) in [5.74, 6) is -1.43. The minimum absolute atomic E-state index is 0.0420. The van der Waals surface area contributed by atoms with Gasteiger partial charge in [-0.3, -0.25) is 4.79 Å². The van der Waals surface area contributed by atoms with Crippen molar-refractivity contribution in [3.8, 4) is 0 Å². The van der Waals surface area contributed by atoms with Gasteiger partial charge in [0.15, 0.2) is 0 Å². The summed E-state index contributed by atoms with van der Waals surface area (Å²) in [6.07, 6.45) is -0.518. The van der Waals surface area contributed by atoms with Crippen LogP contribution in [0.25, 0.3) is 0 Å². The van der Waals surface area contributed by atoms with Crippen LogP contribution in [-0.4, -0.2) is 74.6 Å². The van der Waals surface area contributed by atoms with Gasteiger partial charge in [0.2, 0.25) is 10.0 Å². The number of aliphatic hydroxyl groups is 1. The highest BCUT2D eigenvalue weighted by molar-refractivity contribution is 7.89. The van der Waals surface area contributed by atoms with Crippen molar-refractivity contribution in [2.24, 2.45) is 5.92 Å². The summed E-state index contributed by atoms with van der Waals surface area (Å²) in [5.41, 5.74) is -0.0420. The molecule has 0 aromatic heterocycles. The Balaban J connectivity index is 2.19. The molecule has 0 saturated carbocycles. The lowest BCUT2D eigenvalue weighted by atomic mass is 10.0. The zero-order valence-electron chi connectivity index (χ0n) is 18.8. The summed E-state index contributed by atoms with van der Waals surface area (Å²) in [4.78, 5) is 14.1. The first-order chi connectivity index (χ1) is 15.1. The van der Waals surface area contributed by atoms with Crippen molar-refractivity contribution in [2.75, 3.05) is 33.9 Å². The van der Waals surface area contributed by atoms with E-state index in [1.807, 2.05) is 6.92 Å². The summed E-state index contributed by atoms with van der Waals surface area (Å²) in [6, 6.07) is 13.1. The van der Waals surface area contributed by atoms with Crippen LogP contribution in [0.3, 0.4) is 0 Å². The van der Waals surface area contributed by atoms with E-state index in [-0.39, 0.29) is 36.1 Å². The van der Waals surface area contributed by atoms with Gasteiger partial charge in [-0.25, -0.2) is 12.8 Å². The van der Waals surface area contributed by atoms with Crippen LogP contribution in [0.4, 0.5) is 4.39 Å². The molecule has 0 aliphatic carbocycles. The predicted molar refractivity (Wildman–Crippen MR) is 120 cm³/mol. The Morgan fingerprint density at radius 2 is 1.66 bits per heavy atom. The molecule has 1 amide bonds. The number of benzene rings is 2. The largest absolute Gasteiger partial charge is 0.395 e. The third kappa shape index (κ3) is 6.13. The Kier molecular flexibility index (Phi) is 9.33. The Hall–Kier alpha value is -2.33. The van der Waals surface area contributed by atoms with Crippen LogP contribution >= 0.6 is 0 Å². The molecule has 0 aliphatic heterocycles. The number of carbonyl (C=O) groups excluding carboxylic acids is 1. The van der Waals surface area contributed by atoms with Crippen molar-refractivity contribution in [1.29, 1.82) is 0 Å². The van der Waals surface area contributed by atoms with Crippen molar-refractivity contribution in [3.63, 3.8) is 0 Å². The average Bonchev–Trinajstić information content (AvgIpc) is 2.80. The normalized spacial score (nSPS) is 14.7. The molecule has 3 atom stereocenters. The molecular weight excluding hydrogens is 435 g/mol. The number of ether oxygens (including phenoxy) is 1. The topological polar surface area (TPSA) is 87.2 Å². The number of halogens is 1. The number of carbonyl (C=O) groups is 1. The number of sulfonamides is 1. The van der Waals surface area contributed by atoms with E-state index < -0.39 is 33.9 Å². The van der Waals surface area contributed by atoms with Crippen molar-refractivity contribution < 1.29 is 27.4 Å². The Morgan fingerprint density at radius 3 is 2.22 bits per heavy atom. The number of aliphatic hydroxyl groups excluding tert-OH is 1. The van der Waals surface area contributed by atoms with Crippen LogP contribution < -0.4 is 0 Å².